The molecule has 1 aromatic carbocycles. The van der Waals surface area contributed by atoms with Crippen molar-refractivity contribution in [2.45, 2.75) is 26.1 Å². The summed E-state index contributed by atoms with van der Waals surface area (Å²) in [6, 6.07) is 4.68. The number of rotatable bonds is 11. The van der Waals surface area contributed by atoms with Gasteiger partial charge in [0, 0.05) is 44.6 Å². The first-order valence-electron chi connectivity index (χ1n) is 10.1. The van der Waals surface area contributed by atoms with Crippen molar-refractivity contribution in [2.24, 2.45) is 15.0 Å². The topological polar surface area (TPSA) is 127 Å². The van der Waals surface area contributed by atoms with E-state index in [9.17, 15) is 18.4 Å². The van der Waals surface area contributed by atoms with Crippen LogP contribution in [0.3, 0.4) is 0 Å². The molecule has 12 heteroatoms. The third kappa shape index (κ3) is 8.67. The van der Waals surface area contributed by atoms with E-state index in [1.165, 1.54) is 14.2 Å². The summed E-state index contributed by atoms with van der Waals surface area (Å²) in [5, 5.41) is 22.1. The standard InChI is InChI=1S/C22H28F3N7O2/c1-6-30-17-9-15(12-26)18(34-8-7-33-5)10-16(17)21(29-4)32-14(2)13-31-19(22(23,24)25)11-20(27)28-3/h6,9-11,14,27,31H,3,7-8,13H2,1-2,4-5H3,(H,29,32)/t14-/m1/s1. The van der Waals surface area contributed by atoms with Crippen molar-refractivity contribution in [1.29, 1.82) is 10.7 Å². The molecule has 34 heavy (non-hydrogen) atoms. The van der Waals surface area contributed by atoms with Gasteiger partial charge in [0.1, 0.15) is 35.8 Å². The number of allylic oxidation sites excluding steroid dienone is 1. The van der Waals surface area contributed by atoms with Crippen LogP contribution >= 0.6 is 0 Å². The van der Waals surface area contributed by atoms with Gasteiger partial charge in [-0.2, -0.15) is 18.4 Å². The summed E-state index contributed by atoms with van der Waals surface area (Å²) in [6.45, 7) is 6.81. The summed E-state index contributed by atoms with van der Waals surface area (Å²) in [6.07, 6.45) is -2.58. The van der Waals surface area contributed by atoms with E-state index in [4.69, 9.17) is 14.9 Å². The second kappa shape index (κ2) is 13.7. The van der Waals surface area contributed by atoms with E-state index in [0.29, 0.717) is 35.5 Å². The molecule has 0 aliphatic carbocycles. The molecule has 0 aliphatic rings. The van der Waals surface area contributed by atoms with E-state index in [0.717, 1.165) is 0 Å². The van der Waals surface area contributed by atoms with Crippen LogP contribution in [0.15, 0.2) is 38.9 Å². The summed E-state index contributed by atoms with van der Waals surface area (Å²) < 4.78 is 50.3. The lowest BCUT2D eigenvalue weighted by Crippen LogP contribution is -2.42. The highest BCUT2D eigenvalue weighted by Crippen LogP contribution is 2.29. The zero-order valence-electron chi connectivity index (χ0n) is 19.5. The lowest BCUT2D eigenvalue weighted by atomic mass is 10.1. The van der Waals surface area contributed by atoms with E-state index >= 15 is 0 Å². The number of benzene rings is 1. The van der Waals surface area contributed by atoms with Crippen LogP contribution in [0, 0.1) is 16.7 Å². The highest BCUT2D eigenvalue weighted by atomic mass is 19.4. The van der Waals surface area contributed by atoms with E-state index in [1.54, 1.807) is 32.2 Å². The Bertz CT molecular complexity index is 995. The molecule has 0 aromatic heterocycles. The molecule has 0 unspecified atom stereocenters. The number of amidine groups is 2. The van der Waals surface area contributed by atoms with Crippen LogP contribution in [-0.4, -0.2) is 70.7 Å². The quantitative estimate of drug-likeness (QED) is 0.255. The van der Waals surface area contributed by atoms with Gasteiger partial charge >= 0.3 is 6.18 Å². The molecular formula is C22H28F3N7O2. The molecule has 9 nitrogen and oxygen atoms in total. The van der Waals surface area contributed by atoms with Gasteiger partial charge in [-0.05, 0) is 32.7 Å². The predicted octanol–water partition coefficient (Wildman–Crippen LogP) is 3.37. The minimum atomic E-state index is -4.69. The summed E-state index contributed by atoms with van der Waals surface area (Å²) in [5.74, 6) is 0.0296. The van der Waals surface area contributed by atoms with E-state index in [2.05, 4.69) is 38.4 Å². The number of halogens is 3. The van der Waals surface area contributed by atoms with E-state index < -0.39 is 23.8 Å². The smallest absolute Gasteiger partial charge is 0.431 e. The van der Waals surface area contributed by atoms with Gasteiger partial charge in [0.05, 0.1) is 17.9 Å². The summed E-state index contributed by atoms with van der Waals surface area (Å²) in [4.78, 5) is 11.7. The van der Waals surface area contributed by atoms with Crippen molar-refractivity contribution < 1.29 is 22.6 Å². The van der Waals surface area contributed by atoms with Crippen LogP contribution < -0.4 is 15.4 Å². The second-order valence-electron chi connectivity index (χ2n) is 6.80. The number of methoxy groups -OCH3 is 1. The minimum absolute atomic E-state index is 0.144. The molecule has 0 heterocycles. The Kier molecular flexibility index (Phi) is 11.4. The average Bonchev–Trinajstić information content (AvgIpc) is 2.80. The van der Waals surface area contributed by atoms with Crippen molar-refractivity contribution in [3.8, 4) is 11.8 Å². The maximum atomic E-state index is 13.2. The molecule has 0 spiro atoms. The van der Waals surface area contributed by atoms with Crippen molar-refractivity contribution in [2.75, 3.05) is 33.9 Å². The van der Waals surface area contributed by atoms with Gasteiger partial charge in [0.25, 0.3) is 0 Å². The zero-order chi connectivity index (χ0) is 25.7. The highest BCUT2D eigenvalue weighted by molar-refractivity contribution is 6.04. The molecular weight excluding hydrogens is 451 g/mol. The van der Waals surface area contributed by atoms with Gasteiger partial charge in [-0.3, -0.25) is 15.4 Å². The van der Waals surface area contributed by atoms with Crippen LogP contribution in [0.25, 0.3) is 0 Å². The van der Waals surface area contributed by atoms with Gasteiger partial charge in [-0.1, -0.05) is 0 Å². The number of hydrogen-bond acceptors (Lipinski definition) is 7. The molecule has 0 radical (unpaired) electrons. The number of aliphatic imine (C=N–C) groups is 3. The van der Waals surface area contributed by atoms with Crippen molar-refractivity contribution in [1.82, 2.24) is 10.6 Å². The van der Waals surface area contributed by atoms with E-state index in [-0.39, 0.29) is 18.7 Å². The summed E-state index contributed by atoms with van der Waals surface area (Å²) >= 11 is 0. The van der Waals surface area contributed by atoms with Crippen molar-refractivity contribution in [3.63, 3.8) is 0 Å². The molecule has 0 saturated carbocycles. The van der Waals surface area contributed by atoms with Crippen LogP contribution in [0.4, 0.5) is 18.9 Å². The van der Waals surface area contributed by atoms with Crippen molar-refractivity contribution in [3.05, 3.63) is 35.0 Å². The molecule has 0 fully saturated rings. The Morgan fingerprint density at radius 3 is 2.59 bits per heavy atom. The molecule has 0 saturated heterocycles. The highest BCUT2D eigenvalue weighted by Gasteiger charge is 2.34. The van der Waals surface area contributed by atoms with E-state index in [1.807, 2.05) is 0 Å². The normalized spacial score (nSPS) is 13.4. The third-order valence-electron chi connectivity index (χ3n) is 4.25. The predicted molar refractivity (Wildman–Crippen MR) is 127 cm³/mol. The largest absolute Gasteiger partial charge is 0.490 e. The Hall–Kier alpha value is -3.72. The number of ether oxygens (including phenoxy) is 2. The first kappa shape index (κ1) is 28.3. The fraction of sp³-hybridized carbons (Fsp3) is 0.409. The van der Waals surface area contributed by atoms with Gasteiger partial charge in [-0.25, -0.2) is 4.99 Å². The number of nitrogens with zero attached hydrogens (tertiary/aromatic N) is 4. The number of hydrogen-bond donors (Lipinski definition) is 3. The maximum absolute atomic E-state index is 13.2. The van der Waals surface area contributed by atoms with Gasteiger partial charge < -0.3 is 20.1 Å². The number of nitriles is 1. The SMILES string of the molecule is C=NC(=N)C=C(NC[C@@H](C)NC(=NC)c1cc(OCCOC)c(C#N)cc1N=CC)C(F)(F)F. The fourth-order valence-corrected chi connectivity index (χ4v) is 2.67. The van der Waals surface area contributed by atoms with Gasteiger partial charge in [0.15, 0.2) is 0 Å². The van der Waals surface area contributed by atoms with Crippen LogP contribution in [0.2, 0.25) is 0 Å². The van der Waals surface area contributed by atoms with Crippen LogP contribution in [-0.2, 0) is 4.74 Å². The molecule has 0 bridgehead atoms. The molecule has 3 N–H and O–H groups in total. The Labute approximate surface area is 196 Å². The minimum Gasteiger partial charge on any atom is -0.490 e. The fourth-order valence-electron chi connectivity index (χ4n) is 2.67. The first-order valence-corrected chi connectivity index (χ1v) is 10.1. The van der Waals surface area contributed by atoms with Gasteiger partial charge in [0.2, 0.25) is 0 Å². The number of alkyl halides is 3. The summed E-state index contributed by atoms with van der Waals surface area (Å²) in [5.41, 5.74) is 0.0942. The van der Waals surface area contributed by atoms with Crippen LogP contribution in [0.5, 0.6) is 5.75 Å². The van der Waals surface area contributed by atoms with Crippen molar-refractivity contribution >= 4 is 30.3 Å². The Balaban J connectivity index is 3.18. The lowest BCUT2D eigenvalue weighted by Gasteiger charge is -2.21. The monoisotopic (exact) mass is 479 g/mol. The molecule has 184 valence electrons. The lowest BCUT2D eigenvalue weighted by molar-refractivity contribution is -0.0966. The summed E-state index contributed by atoms with van der Waals surface area (Å²) in [7, 11) is 3.04. The molecule has 1 rings (SSSR count). The second-order valence-corrected chi connectivity index (χ2v) is 6.80. The molecule has 1 atom stereocenters. The first-order chi connectivity index (χ1) is 16.1. The molecule has 0 amide bonds. The van der Waals surface area contributed by atoms with Gasteiger partial charge in [-0.15, -0.1) is 0 Å². The zero-order valence-corrected chi connectivity index (χ0v) is 19.5. The molecule has 1 aromatic rings. The maximum Gasteiger partial charge on any atom is 0.431 e. The van der Waals surface area contributed by atoms with Crippen LogP contribution in [0.1, 0.15) is 25.0 Å². The number of nitrogens with one attached hydrogen (secondary N) is 3. The average molecular weight is 480 g/mol. The molecule has 0 aliphatic heterocycles. The Morgan fingerprint density at radius 1 is 1.35 bits per heavy atom. The third-order valence-corrected chi connectivity index (χ3v) is 4.25. The Morgan fingerprint density at radius 2 is 2.06 bits per heavy atom.